The van der Waals surface area contributed by atoms with Gasteiger partial charge in [-0.2, -0.15) is 0 Å². The number of hydrogen-bond acceptors (Lipinski definition) is 5. The van der Waals surface area contributed by atoms with Crippen LogP contribution in [0.5, 0.6) is 0 Å². The van der Waals surface area contributed by atoms with Gasteiger partial charge in [-0.1, -0.05) is 43.2 Å². The van der Waals surface area contributed by atoms with Gasteiger partial charge in [0.1, 0.15) is 12.1 Å². The minimum absolute atomic E-state index is 0.0459. The van der Waals surface area contributed by atoms with Gasteiger partial charge in [-0.3, -0.25) is 14.4 Å². The molecule has 2 fully saturated rings. The lowest BCUT2D eigenvalue weighted by atomic mass is 9.98. The van der Waals surface area contributed by atoms with Gasteiger partial charge in [-0.25, -0.2) is 0 Å². The van der Waals surface area contributed by atoms with Crippen LogP contribution in [0.25, 0.3) is 0 Å². The number of rotatable bonds is 8. The molecule has 8 nitrogen and oxygen atoms in total. The summed E-state index contributed by atoms with van der Waals surface area (Å²) in [6.07, 6.45) is 4.75. The van der Waals surface area contributed by atoms with Crippen LogP contribution < -0.4 is 16.0 Å². The molecule has 2 aliphatic heterocycles. The van der Waals surface area contributed by atoms with E-state index < -0.39 is 18.1 Å². The molecule has 4 atom stereocenters. The van der Waals surface area contributed by atoms with E-state index in [1.807, 2.05) is 30.3 Å². The Morgan fingerprint density at radius 3 is 2.61 bits per heavy atom. The highest BCUT2D eigenvalue weighted by Gasteiger charge is 2.43. The van der Waals surface area contributed by atoms with E-state index in [0.717, 1.165) is 31.2 Å². The van der Waals surface area contributed by atoms with Crippen LogP contribution in [0.4, 0.5) is 0 Å². The molecule has 3 rings (SSSR count). The number of carbonyl (C=O) groups excluding carboxylic acids is 3. The van der Waals surface area contributed by atoms with Crippen LogP contribution in [0.3, 0.4) is 0 Å². The SMILES string of the molecule is C[C@H](NCCO)C(=O)N[C@H]1CCCC[C@H]2CC[C@@H](C(=O)NCc3ccccc3)N2C1=O. The maximum absolute atomic E-state index is 13.4. The van der Waals surface area contributed by atoms with Gasteiger partial charge in [0.25, 0.3) is 0 Å². The lowest BCUT2D eigenvalue weighted by Gasteiger charge is -2.35. The standard InChI is InChI=1S/C23H34N4O4/c1-16(24-13-14-28)21(29)26-19-10-6-5-9-18-11-12-20(27(18)23(19)31)22(30)25-15-17-7-3-2-4-8-17/h2-4,7-8,16,18-20,24,28H,5-6,9-15H2,1H3,(H,25,30)(H,26,29)/t16-,18-,19-,20-/m0/s1. The first-order valence-electron chi connectivity index (χ1n) is 11.3. The molecule has 0 aromatic heterocycles. The number of amides is 3. The molecule has 1 aromatic rings. The molecule has 3 amide bonds. The van der Waals surface area contributed by atoms with Crippen LogP contribution in [0.1, 0.15) is 51.0 Å². The highest BCUT2D eigenvalue weighted by molar-refractivity contribution is 5.93. The molecule has 170 valence electrons. The average Bonchev–Trinajstić information content (AvgIpc) is 3.20. The van der Waals surface area contributed by atoms with E-state index in [2.05, 4.69) is 16.0 Å². The molecule has 2 aliphatic rings. The number of nitrogens with zero attached hydrogens (tertiary/aromatic N) is 1. The number of nitrogens with one attached hydrogen (secondary N) is 3. The summed E-state index contributed by atoms with van der Waals surface area (Å²) in [5.41, 5.74) is 1.01. The Bertz CT molecular complexity index is 757. The minimum Gasteiger partial charge on any atom is -0.395 e. The van der Waals surface area contributed by atoms with Crippen molar-refractivity contribution in [2.75, 3.05) is 13.2 Å². The van der Waals surface area contributed by atoms with E-state index in [9.17, 15) is 14.4 Å². The zero-order valence-electron chi connectivity index (χ0n) is 18.2. The average molecular weight is 431 g/mol. The second-order valence-corrected chi connectivity index (χ2v) is 8.44. The first-order valence-corrected chi connectivity index (χ1v) is 11.3. The molecule has 0 saturated carbocycles. The maximum atomic E-state index is 13.4. The monoisotopic (exact) mass is 430 g/mol. The van der Waals surface area contributed by atoms with Gasteiger partial charge < -0.3 is 26.0 Å². The largest absolute Gasteiger partial charge is 0.395 e. The third-order valence-corrected chi connectivity index (χ3v) is 6.22. The van der Waals surface area contributed by atoms with Crippen molar-refractivity contribution in [3.63, 3.8) is 0 Å². The van der Waals surface area contributed by atoms with Crippen molar-refractivity contribution in [2.24, 2.45) is 0 Å². The van der Waals surface area contributed by atoms with Crippen molar-refractivity contribution in [3.05, 3.63) is 35.9 Å². The highest BCUT2D eigenvalue weighted by Crippen LogP contribution is 2.31. The molecule has 31 heavy (non-hydrogen) atoms. The van der Waals surface area contributed by atoms with Gasteiger partial charge in [0.2, 0.25) is 17.7 Å². The van der Waals surface area contributed by atoms with Crippen LogP contribution in [-0.2, 0) is 20.9 Å². The van der Waals surface area contributed by atoms with Gasteiger partial charge in [-0.15, -0.1) is 0 Å². The van der Waals surface area contributed by atoms with Crippen molar-refractivity contribution in [3.8, 4) is 0 Å². The van der Waals surface area contributed by atoms with Crippen molar-refractivity contribution >= 4 is 17.7 Å². The Balaban J connectivity index is 1.65. The van der Waals surface area contributed by atoms with E-state index in [1.165, 1.54) is 0 Å². The molecule has 2 saturated heterocycles. The summed E-state index contributed by atoms with van der Waals surface area (Å²) in [4.78, 5) is 40.6. The van der Waals surface area contributed by atoms with Crippen molar-refractivity contribution in [2.45, 2.75) is 76.2 Å². The number of carbonyl (C=O) groups is 3. The second kappa shape index (κ2) is 11.2. The van der Waals surface area contributed by atoms with Crippen LogP contribution in [0, 0.1) is 0 Å². The number of benzene rings is 1. The first kappa shape index (κ1) is 23.2. The summed E-state index contributed by atoms with van der Waals surface area (Å²) in [5, 5.41) is 17.7. The van der Waals surface area contributed by atoms with E-state index in [1.54, 1.807) is 11.8 Å². The second-order valence-electron chi connectivity index (χ2n) is 8.44. The smallest absolute Gasteiger partial charge is 0.246 e. The summed E-state index contributed by atoms with van der Waals surface area (Å²) in [6.45, 7) is 2.38. The number of fused-ring (bicyclic) bond motifs is 1. The van der Waals surface area contributed by atoms with Gasteiger partial charge in [0.05, 0.1) is 12.6 Å². The van der Waals surface area contributed by atoms with Crippen LogP contribution in [0.2, 0.25) is 0 Å². The fourth-order valence-electron chi connectivity index (χ4n) is 4.50. The number of aliphatic hydroxyl groups is 1. The van der Waals surface area contributed by atoms with Crippen molar-refractivity contribution in [1.29, 1.82) is 0 Å². The Hall–Kier alpha value is -2.45. The van der Waals surface area contributed by atoms with E-state index >= 15 is 0 Å². The summed E-state index contributed by atoms with van der Waals surface area (Å²) in [6, 6.07) is 8.11. The number of hydrogen-bond donors (Lipinski definition) is 4. The molecular formula is C23H34N4O4. The zero-order valence-corrected chi connectivity index (χ0v) is 18.2. The lowest BCUT2D eigenvalue weighted by Crippen LogP contribution is -2.58. The van der Waals surface area contributed by atoms with Crippen LogP contribution >= 0.6 is 0 Å². The first-order chi connectivity index (χ1) is 15.0. The molecular weight excluding hydrogens is 396 g/mol. The Morgan fingerprint density at radius 1 is 1.13 bits per heavy atom. The summed E-state index contributed by atoms with van der Waals surface area (Å²) < 4.78 is 0. The van der Waals surface area contributed by atoms with E-state index in [0.29, 0.717) is 25.9 Å². The maximum Gasteiger partial charge on any atom is 0.246 e. The van der Waals surface area contributed by atoms with Crippen LogP contribution in [0.15, 0.2) is 30.3 Å². The van der Waals surface area contributed by atoms with Gasteiger partial charge in [0.15, 0.2) is 0 Å². The fourth-order valence-corrected chi connectivity index (χ4v) is 4.50. The fraction of sp³-hybridized carbons (Fsp3) is 0.609. The Kier molecular flexibility index (Phi) is 8.43. The Morgan fingerprint density at radius 2 is 1.87 bits per heavy atom. The van der Waals surface area contributed by atoms with Crippen molar-refractivity contribution in [1.82, 2.24) is 20.9 Å². The third-order valence-electron chi connectivity index (χ3n) is 6.22. The third kappa shape index (κ3) is 6.04. The molecule has 0 aliphatic carbocycles. The molecule has 1 aromatic carbocycles. The summed E-state index contributed by atoms with van der Waals surface area (Å²) in [7, 11) is 0. The summed E-state index contributed by atoms with van der Waals surface area (Å²) >= 11 is 0. The zero-order chi connectivity index (χ0) is 22.2. The quantitative estimate of drug-likeness (QED) is 0.485. The molecule has 8 heteroatoms. The molecule has 0 radical (unpaired) electrons. The molecule has 0 bridgehead atoms. The molecule has 0 spiro atoms. The topological polar surface area (TPSA) is 111 Å². The molecule has 0 unspecified atom stereocenters. The van der Waals surface area contributed by atoms with Gasteiger partial charge in [-0.05, 0) is 38.2 Å². The predicted molar refractivity (Wildman–Crippen MR) is 117 cm³/mol. The van der Waals surface area contributed by atoms with Crippen LogP contribution in [-0.4, -0.2) is 65.0 Å². The predicted octanol–water partition coefficient (Wildman–Crippen LogP) is 0.692. The van der Waals surface area contributed by atoms with Crippen molar-refractivity contribution < 1.29 is 19.5 Å². The Labute approximate surface area is 183 Å². The lowest BCUT2D eigenvalue weighted by molar-refractivity contribution is -0.144. The van der Waals surface area contributed by atoms with Gasteiger partial charge in [0, 0.05) is 19.1 Å². The normalized spacial score (nSPS) is 24.6. The number of aliphatic hydroxyl groups excluding tert-OH is 1. The minimum atomic E-state index is -0.629. The van der Waals surface area contributed by atoms with E-state index in [4.69, 9.17) is 5.11 Å². The molecule has 2 heterocycles. The summed E-state index contributed by atoms with van der Waals surface area (Å²) in [5.74, 6) is -0.568. The van der Waals surface area contributed by atoms with Gasteiger partial charge >= 0.3 is 0 Å². The molecule has 4 N–H and O–H groups in total. The van der Waals surface area contributed by atoms with E-state index in [-0.39, 0.29) is 30.4 Å². The highest BCUT2D eigenvalue weighted by atomic mass is 16.3.